The third-order valence-electron chi connectivity index (χ3n) is 4.22. The minimum Gasteiger partial charge on any atom is -0.396 e. The molecule has 1 heterocycles. The van der Waals surface area contributed by atoms with Gasteiger partial charge in [0.2, 0.25) is 0 Å². The molecule has 1 amide bonds. The van der Waals surface area contributed by atoms with Crippen LogP contribution < -0.4 is 11.1 Å². The van der Waals surface area contributed by atoms with Crippen molar-refractivity contribution in [3.8, 4) is 11.3 Å². The summed E-state index contributed by atoms with van der Waals surface area (Å²) in [5.74, 6) is -0.326. The number of hydrogen-bond acceptors (Lipinski definition) is 5. The van der Waals surface area contributed by atoms with Gasteiger partial charge in [0.15, 0.2) is 11.5 Å². The Morgan fingerprint density at radius 1 is 1.19 bits per heavy atom. The smallest absolute Gasteiger partial charge is 0.273 e. The molecule has 0 saturated heterocycles. The van der Waals surface area contributed by atoms with Crippen LogP contribution in [0.5, 0.6) is 0 Å². The largest absolute Gasteiger partial charge is 0.396 e. The Morgan fingerprint density at radius 3 is 2.65 bits per heavy atom. The molecule has 0 bridgehead atoms. The predicted octanol–water partition coefficient (Wildman–Crippen LogP) is 2.63. The maximum Gasteiger partial charge on any atom is 0.273 e. The van der Waals surface area contributed by atoms with Crippen molar-refractivity contribution in [2.75, 3.05) is 18.9 Å². The van der Waals surface area contributed by atoms with Gasteiger partial charge >= 0.3 is 0 Å². The molecule has 0 aliphatic carbocycles. The molecule has 0 fully saturated rings. The van der Waals surface area contributed by atoms with Gasteiger partial charge in [0.25, 0.3) is 5.91 Å². The van der Waals surface area contributed by atoms with E-state index in [0.29, 0.717) is 12.2 Å². The van der Waals surface area contributed by atoms with Gasteiger partial charge in [-0.2, -0.15) is 0 Å². The highest BCUT2D eigenvalue weighted by Gasteiger charge is 2.20. The summed E-state index contributed by atoms with van der Waals surface area (Å²) in [4.78, 5) is 21.0. The quantitative estimate of drug-likeness (QED) is 0.657. The zero-order valence-electron chi connectivity index (χ0n) is 14.9. The molecule has 0 aliphatic rings. The van der Waals surface area contributed by atoms with Gasteiger partial charge in [-0.3, -0.25) is 4.79 Å². The van der Waals surface area contributed by atoms with Crippen LogP contribution in [0.3, 0.4) is 0 Å². The maximum absolute atomic E-state index is 12.4. The lowest BCUT2D eigenvalue weighted by molar-refractivity contribution is 0.0907. The topological polar surface area (TPSA) is 101 Å². The molecule has 2 aromatic carbocycles. The molecule has 0 radical (unpaired) electrons. The first-order valence-electron chi connectivity index (χ1n) is 8.40. The summed E-state index contributed by atoms with van der Waals surface area (Å²) in [6.07, 6.45) is 1.56. The maximum atomic E-state index is 12.4. The van der Waals surface area contributed by atoms with Crippen molar-refractivity contribution < 1.29 is 9.90 Å². The van der Waals surface area contributed by atoms with E-state index in [-0.39, 0.29) is 18.1 Å². The van der Waals surface area contributed by atoms with Crippen LogP contribution in [0.15, 0.2) is 48.7 Å². The minimum atomic E-state index is -0.423. The average Bonchev–Trinajstić information content (AvgIpc) is 2.66. The van der Waals surface area contributed by atoms with Crippen LogP contribution in [0.1, 0.15) is 24.3 Å². The van der Waals surface area contributed by atoms with E-state index >= 15 is 0 Å². The van der Waals surface area contributed by atoms with Crippen molar-refractivity contribution in [1.29, 1.82) is 0 Å². The molecule has 3 aromatic rings. The van der Waals surface area contributed by atoms with E-state index in [2.05, 4.69) is 15.3 Å². The number of rotatable bonds is 5. The Bertz CT molecular complexity index is 953. The van der Waals surface area contributed by atoms with Gasteiger partial charge in [0.05, 0.1) is 11.9 Å². The number of hydrogen-bond donors (Lipinski definition) is 3. The van der Waals surface area contributed by atoms with Crippen LogP contribution in [-0.2, 0) is 0 Å². The van der Waals surface area contributed by atoms with Gasteiger partial charge in [-0.25, -0.2) is 9.97 Å². The number of anilines is 1. The van der Waals surface area contributed by atoms with E-state index in [1.54, 1.807) is 6.20 Å². The molecule has 6 nitrogen and oxygen atoms in total. The van der Waals surface area contributed by atoms with Crippen molar-refractivity contribution >= 4 is 22.5 Å². The van der Waals surface area contributed by atoms with Crippen LogP contribution >= 0.6 is 0 Å². The van der Waals surface area contributed by atoms with E-state index in [4.69, 9.17) is 5.73 Å². The molecule has 0 aliphatic heterocycles. The van der Waals surface area contributed by atoms with Crippen LogP contribution in [0.4, 0.5) is 5.82 Å². The number of carbonyl (C=O) groups excluding carboxylic acids is 1. The molecule has 4 N–H and O–H groups in total. The van der Waals surface area contributed by atoms with Gasteiger partial charge < -0.3 is 16.2 Å². The highest BCUT2D eigenvalue weighted by atomic mass is 16.3. The van der Waals surface area contributed by atoms with Gasteiger partial charge in [0.1, 0.15) is 0 Å². The molecule has 0 unspecified atom stereocenters. The Labute approximate surface area is 152 Å². The fourth-order valence-corrected chi connectivity index (χ4v) is 2.51. The van der Waals surface area contributed by atoms with Crippen molar-refractivity contribution in [2.45, 2.75) is 13.8 Å². The number of aliphatic hydroxyl groups is 1. The van der Waals surface area contributed by atoms with Crippen LogP contribution in [0, 0.1) is 5.41 Å². The Kier molecular flexibility index (Phi) is 4.86. The van der Waals surface area contributed by atoms with Crippen LogP contribution in [0.2, 0.25) is 0 Å². The van der Waals surface area contributed by atoms with Gasteiger partial charge in [0, 0.05) is 24.1 Å². The number of fused-ring (bicyclic) bond motifs is 1. The average molecular weight is 350 g/mol. The summed E-state index contributed by atoms with van der Waals surface area (Å²) in [5, 5.41) is 14.3. The molecule has 0 saturated carbocycles. The summed E-state index contributed by atoms with van der Waals surface area (Å²) in [6.45, 7) is 3.98. The highest BCUT2D eigenvalue weighted by molar-refractivity contribution is 5.97. The zero-order valence-corrected chi connectivity index (χ0v) is 14.9. The molecular formula is C20H22N4O2. The summed E-state index contributed by atoms with van der Waals surface area (Å²) in [5.41, 5.74) is 6.95. The van der Waals surface area contributed by atoms with Crippen molar-refractivity contribution in [1.82, 2.24) is 15.3 Å². The van der Waals surface area contributed by atoms with E-state index in [1.165, 1.54) is 0 Å². The summed E-state index contributed by atoms with van der Waals surface area (Å²) in [7, 11) is 0. The number of benzene rings is 2. The molecule has 6 heteroatoms. The molecule has 134 valence electrons. The monoisotopic (exact) mass is 350 g/mol. The zero-order chi connectivity index (χ0) is 18.7. The molecular weight excluding hydrogens is 328 g/mol. The number of nitrogens with two attached hydrogens (primary N) is 1. The van der Waals surface area contributed by atoms with Gasteiger partial charge in [-0.15, -0.1) is 0 Å². The highest BCUT2D eigenvalue weighted by Crippen LogP contribution is 2.24. The van der Waals surface area contributed by atoms with E-state index < -0.39 is 11.3 Å². The van der Waals surface area contributed by atoms with Crippen molar-refractivity contribution in [3.05, 3.63) is 54.4 Å². The van der Waals surface area contributed by atoms with Gasteiger partial charge in [-0.05, 0) is 16.8 Å². The first-order chi connectivity index (χ1) is 12.4. The normalized spacial score (nSPS) is 11.5. The molecule has 0 spiro atoms. The number of aliphatic hydroxyl groups excluding tert-OH is 1. The van der Waals surface area contributed by atoms with Gasteiger partial charge in [-0.1, -0.05) is 50.2 Å². The minimum absolute atomic E-state index is 0.0361. The Balaban J connectivity index is 1.90. The first-order valence-corrected chi connectivity index (χ1v) is 8.40. The number of nitrogen functional groups attached to an aromatic ring is 1. The SMILES string of the molecule is CC(C)(CO)CNC(=O)c1nc(-c2ccc3ccccc3c2)cnc1N. The van der Waals surface area contributed by atoms with E-state index in [1.807, 2.05) is 56.3 Å². The lowest BCUT2D eigenvalue weighted by atomic mass is 9.95. The third-order valence-corrected chi connectivity index (χ3v) is 4.22. The second kappa shape index (κ2) is 7.09. The first kappa shape index (κ1) is 17.8. The molecule has 0 atom stereocenters. The fourth-order valence-electron chi connectivity index (χ4n) is 2.51. The summed E-state index contributed by atoms with van der Waals surface area (Å²) >= 11 is 0. The fraction of sp³-hybridized carbons (Fsp3) is 0.250. The Morgan fingerprint density at radius 2 is 1.92 bits per heavy atom. The predicted molar refractivity (Wildman–Crippen MR) is 103 cm³/mol. The number of nitrogens with zero attached hydrogens (tertiary/aromatic N) is 2. The lowest BCUT2D eigenvalue weighted by Crippen LogP contribution is -2.36. The van der Waals surface area contributed by atoms with Crippen LogP contribution in [-0.4, -0.2) is 34.1 Å². The molecule has 3 rings (SSSR count). The number of carbonyl (C=O) groups is 1. The van der Waals surface area contributed by atoms with E-state index in [0.717, 1.165) is 16.3 Å². The number of aromatic nitrogens is 2. The third kappa shape index (κ3) is 3.81. The Hall–Kier alpha value is -2.99. The van der Waals surface area contributed by atoms with Crippen molar-refractivity contribution in [3.63, 3.8) is 0 Å². The van der Waals surface area contributed by atoms with Crippen molar-refractivity contribution in [2.24, 2.45) is 5.41 Å². The van der Waals surface area contributed by atoms with E-state index in [9.17, 15) is 9.90 Å². The lowest BCUT2D eigenvalue weighted by Gasteiger charge is -2.21. The standard InChI is InChI=1S/C20H22N4O2/c1-20(2,12-25)11-23-19(26)17-18(21)22-10-16(24-17)15-8-7-13-5-3-4-6-14(13)9-15/h3-10,25H,11-12H2,1-2H3,(H2,21,22)(H,23,26). The molecule has 26 heavy (non-hydrogen) atoms. The second-order valence-corrected chi connectivity index (χ2v) is 7.06. The van der Waals surface area contributed by atoms with Crippen LogP contribution in [0.25, 0.3) is 22.0 Å². The summed E-state index contributed by atoms with van der Waals surface area (Å²) in [6, 6.07) is 14.0. The number of amides is 1. The number of nitrogens with one attached hydrogen (secondary N) is 1. The molecule has 1 aromatic heterocycles. The second-order valence-electron chi connectivity index (χ2n) is 7.06. The summed E-state index contributed by atoms with van der Waals surface area (Å²) < 4.78 is 0.